The summed E-state index contributed by atoms with van der Waals surface area (Å²) in [5.74, 6) is -0.170. The van der Waals surface area contributed by atoms with Gasteiger partial charge >= 0.3 is 0 Å². The zero-order chi connectivity index (χ0) is 18.7. The second-order valence-corrected chi connectivity index (χ2v) is 8.67. The van der Waals surface area contributed by atoms with Crippen LogP contribution in [0.4, 0.5) is 5.69 Å². The van der Waals surface area contributed by atoms with E-state index >= 15 is 0 Å². The summed E-state index contributed by atoms with van der Waals surface area (Å²) in [7, 11) is -3.32. The Balaban J connectivity index is 1.66. The van der Waals surface area contributed by atoms with Crippen LogP contribution in [-0.2, 0) is 22.9 Å². The van der Waals surface area contributed by atoms with Crippen LogP contribution < -0.4 is 10.0 Å². The molecule has 0 unspecified atom stereocenters. The van der Waals surface area contributed by atoms with Gasteiger partial charge < -0.3 is 5.32 Å². The van der Waals surface area contributed by atoms with Gasteiger partial charge in [0.1, 0.15) is 0 Å². The summed E-state index contributed by atoms with van der Waals surface area (Å²) >= 11 is 0. The Morgan fingerprint density at radius 2 is 1.77 bits per heavy atom. The summed E-state index contributed by atoms with van der Waals surface area (Å²) < 4.78 is 25.6. The molecule has 0 radical (unpaired) electrons. The zero-order valence-electron chi connectivity index (χ0n) is 15.1. The van der Waals surface area contributed by atoms with E-state index < -0.39 is 10.0 Å². The van der Waals surface area contributed by atoms with Gasteiger partial charge in [-0.1, -0.05) is 18.2 Å². The maximum absolute atomic E-state index is 12.5. The van der Waals surface area contributed by atoms with Gasteiger partial charge in [0.15, 0.2) is 0 Å². The molecule has 0 aliphatic heterocycles. The smallest absolute Gasteiger partial charge is 0.251 e. The van der Waals surface area contributed by atoms with Crippen molar-refractivity contribution in [3.8, 4) is 0 Å². The molecule has 0 heterocycles. The van der Waals surface area contributed by atoms with Crippen LogP contribution in [0.25, 0.3) is 0 Å². The number of hydrogen-bond donors (Lipinski definition) is 2. The molecule has 26 heavy (non-hydrogen) atoms. The van der Waals surface area contributed by atoms with Gasteiger partial charge in [-0.15, -0.1) is 0 Å². The highest BCUT2D eigenvalue weighted by Gasteiger charge is 2.16. The second-order valence-electron chi connectivity index (χ2n) is 6.66. The first kappa shape index (κ1) is 18.5. The lowest BCUT2D eigenvalue weighted by atomic mass is 10.0. The summed E-state index contributed by atoms with van der Waals surface area (Å²) in [6.45, 7) is 3.54. The molecular weight excluding hydrogens is 348 g/mol. The Morgan fingerprint density at radius 1 is 1.08 bits per heavy atom. The molecule has 0 spiro atoms. The molecule has 2 N–H and O–H groups in total. The molecule has 0 aromatic heterocycles. The Morgan fingerprint density at radius 3 is 2.46 bits per heavy atom. The molecule has 0 saturated heterocycles. The van der Waals surface area contributed by atoms with Crippen LogP contribution in [0.2, 0.25) is 0 Å². The summed E-state index contributed by atoms with van der Waals surface area (Å²) in [5.41, 5.74) is 4.85. The number of carbonyl (C=O) groups is 1. The van der Waals surface area contributed by atoms with E-state index in [4.69, 9.17) is 0 Å². The first-order valence-electron chi connectivity index (χ1n) is 8.91. The van der Waals surface area contributed by atoms with Crippen LogP contribution in [0, 0.1) is 0 Å². The van der Waals surface area contributed by atoms with Gasteiger partial charge in [-0.3, -0.25) is 9.52 Å². The van der Waals surface area contributed by atoms with E-state index in [1.54, 1.807) is 31.2 Å². The summed E-state index contributed by atoms with van der Waals surface area (Å²) in [5, 5.41) is 3.00. The molecule has 5 nitrogen and oxygen atoms in total. The Hall–Kier alpha value is -2.34. The standard InChI is InChI=1S/C20H24N2O3S/c1-3-26(24,25)22-19-11-9-16(10-12-19)20(23)21-14(2)17-8-7-15-5-4-6-18(15)13-17/h7-14,22H,3-6H2,1-2H3,(H,21,23)/t14-/m0/s1. The van der Waals surface area contributed by atoms with Gasteiger partial charge in [0, 0.05) is 11.3 Å². The maximum Gasteiger partial charge on any atom is 0.251 e. The van der Waals surface area contributed by atoms with E-state index in [1.165, 1.54) is 17.5 Å². The predicted octanol–water partition coefficient (Wildman–Crippen LogP) is 3.43. The van der Waals surface area contributed by atoms with Gasteiger partial charge in [-0.25, -0.2) is 8.42 Å². The van der Waals surface area contributed by atoms with Gasteiger partial charge in [-0.2, -0.15) is 0 Å². The summed E-state index contributed by atoms with van der Waals surface area (Å²) in [4.78, 5) is 12.5. The van der Waals surface area contributed by atoms with Gasteiger partial charge in [-0.05, 0) is 74.1 Å². The number of hydrogen-bond acceptors (Lipinski definition) is 3. The average Bonchev–Trinajstić information content (AvgIpc) is 3.09. The Bertz CT molecular complexity index is 905. The molecule has 0 fully saturated rings. The van der Waals surface area contributed by atoms with Crippen LogP contribution in [0.1, 0.15) is 53.4 Å². The Kier molecular flexibility index (Phi) is 5.32. The van der Waals surface area contributed by atoms with Crippen LogP contribution in [0.15, 0.2) is 42.5 Å². The molecule has 2 aromatic carbocycles. The quantitative estimate of drug-likeness (QED) is 0.816. The second kappa shape index (κ2) is 7.50. The predicted molar refractivity (Wildman–Crippen MR) is 104 cm³/mol. The van der Waals surface area contributed by atoms with Crippen molar-refractivity contribution < 1.29 is 13.2 Å². The van der Waals surface area contributed by atoms with Crippen LogP contribution in [0.3, 0.4) is 0 Å². The number of benzene rings is 2. The van der Waals surface area contributed by atoms with Crippen molar-refractivity contribution in [3.63, 3.8) is 0 Å². The number of anilines is 1. The molecule has 1 aliphatic carbocycles. The number of aryl methyl sites for hydroxylation is 2. The average molecular weight is 372 g/mol. The lowest BCUT2D eigenvalue weighted by Crippen LogP contribution is -2.26. The first-order valence-corrected chi connectivity index (χ1v) is 10.6. The SMILES string of the molecule is CCS(=O)(=O)Nc1ccc(C(=O)N[C@@H](C)c2ccc3c(c2)CCC3)cc1. The summed E-state index contributed by atoms with van der Waals surface area (Å²) in [6.07, 6.45) is 3.46. The van der Waals surface area contributed by atoms with Gasteiger partial charge in [0.25, 0.3) is 5.91 Å². The molecule has 138 valence electrons. The first-order chi connectivity index (χ1) is 12.4. The van der Waals surface area contributed by atoms with Crippen LogP contribution in [-0.4, -0.2) is 20.1 Å². The molecule has 1 aliphatic rings. The van der Waals surface area contributed by atoms with Crippen molar-refractivity contribution in [1.29, 1.82) is 0 Å². The maximum atomic E-state index is 12.5. The van der Waals surface area contributed by atoms with Crippen molar-refractivity contribution in [3.05, 3.63) is 64.7 Å². The Labute approximate surface area is 154 Å². The molecule has 6 heteroatoms. The third kappa shape index (κ3) is 4.25. The van der Waals surface area contributed by atoms with E-state index in [-0.39, 0.29) is 17.7 Å². The minimum absolute atomic E-state index is 0.00747. The number of sulfonamides is 1. The van der Waals surface area contributed by atoms with Crippen molar-refractivity contribution in [2.45, 2.75) is 39.2 Å². The minimum atomic E-state index is -3.32. The van der Waals surface area contributed by atoms with E-state index in [0.29, 0.717) is 11.3 Å². The number of amides is 1. The molecule has 1 atom stereocenters. The van der Waals surface area contributed by atoms with E-state index in [1.807, 2.05) is 6.92 Å². The minimum Gasteiger partial charge on any atom is -0.346 e. The van der Waals surface area contributed by atoms with E-state index in [2.05, 4.69) is 28.2 Å². The molecule has 3 rings (SSSR count). The largest absolute Gasteiger partial charge is 0.346 e. The molecule has 0 bridgehead atoms. The highest BCUT2D eigenvalue weighted by Crippen LogP contribution is 2.25. The monoisotopic (exact) mass is 372 g/mol. The van der Waals surface area contributed by atoms with E-state index in [0.717, 1.165) is 18.4 Å². The molecule has 1 amide bonds. The normalized spacial score (nSPS) is 14.5. The zero-order valence-corrected chi connectivity index (χ0v) is 15.9. The highest BCUT2D eigenvalue weighted by molar-refractivity contribution is 7.92. The number of carbonyl (C=O) groups excluding carboxylic acids is 1. The van der Waals surface area contributed by atoms with E-state index in [9.17, 15) is 13.2 Å². The van der Waals surface area contributed by atoms with Gasteiger partial charge in [0.2, 0.25) is 10.0 Å². The molecular formula is C20H24N2O3S. The molecule has 0 saturated carbocycles. The fraction of sp³-hybridized carbons (Fsp3) is 0.350. The van der Waals surface area contributed by atoms with Crippen LogP contribution >= 0.6 is 0 Å². The lowest BCUT2D eigenvalue weighted by Gasteiger charge is -2.16. The number of fused-ring (bicyclic) bond motifs is 1. The van der Waals surface area contributed by atoms with Crippen molar-refractivity contribution >= 4 is 21.6 Å². The topological polar surface area (TPSA) is 75.3 Å². The molecule has 2 aromatic rings. The third-order valence-corrected chi connectivity index (χ3v) is 6.08. The van der Waals surface area contributed by atoms with Crippen molar-refractivity contribution in [1.82, 2.24) is 5.32 Å². The van der Waals surface area contributed by atoms with Gasteiger partial charge in [0.05, 0.1) is 11.8 Å². The number of rotatable bonds is 6. The third-order valence-electron chi connectivity index (χ3n) is 4.77. The van der Waals surface area contributed by atoms with Crippen molar-refractivity contribution in [2.75, 3.05) is 10.5 Å². The highest BCUT2D eigenvalue weighted by atomic mass is 32.2. The van der Waals surface area contributed by atoms with Crippen LogP contribution in [0.5, 0.6) is 0 Å². The summed E-state index contributed by atoms with van der Waals surface area (Å²) in [6, 6.07) is 12.8. The number of nitrogens with one attached hydrogen (secondary N) is 2. The lowest BCUT2D eigenvalue weighted by molar-refractivity contribution is 0.0940. The fourth-order valence-electron chi connectivity index (χ4n) is 3.17. The fourth-order valence-corrected chi connectivity index (χ4v) is 3.81. The van der Waals surface area contributed by atoms with Crippen molar-refractivity contribution in [2.24, 2.45) is 0 Å².